The van der Waals surface area contributed by atoms with Crippen molar-refractivity contribution in [3.8, 4) is 23.4 Å². The monoisotopic (exact) mass is 556 g/mol. The molecule has 41 heavy (non-hydrogen) atoms. The van der Waals surface area contributed by atoms with Crippen molar-refractivity contribution < 1.29 is 9.47 Å². The molecule has 9 heteroatoms. The van der Waals surface area contributed by atoms with Gasteiger partial charge in [0, 0.05) is 27.6 Å². The van der Waals surface area contributed by atoms with E-state index in [0.717, 1.165) is 44.6 Å². The van der Waals surface area contributed by atoms with Gasteiger partial charge in [-0.25, -0.2) is 19.5 Å². The Morgan fingerprint density at radius 2 is 1.80 bits per heavy atom. The molecular formula is C32H21ClN6O2. The number of hydrogen-bond acceptors (Lipinski definition) is 7. The van der Waals surface area contributed by atoms with E-state index in [1.54, 1.807) is 24.0 Å². The molecule has 6 aromatic rings. The van der Waals surface area contributed by atoms with E-state index >= 15 is 0 Å². The number of aromatic nitrogens is 5. The second-order valence-corrected chi connectivity index (χ2v) is 10.1. The van der Waals surface area contributed by atoms with Crippen LogP contribution in [0.3, 0.4) is 0 Å². The number of ether oxygens (including phenoxy) is 2. The van der Waals surface area contributed by atoms with Gasteiger partial charge in [-0.2, -0.15) is 5.26 Å². The Kier molecular flexibility index (Phi) is 5.88. The zero-order valence-electron chi connectivity index (χ0n) is 22.0. The van der Waals surface area contributed by atoms with E-state index in [2.05, 4.69) is 22.2 Å². The van der Waals surface area contributed by atoms with Gasteiger partial charge in [-0.1, -0.05) is 54.1 Å². The summed E-state index contributed by atoms with van der Waals surface area (Å²) in [7, 11) is 1.61. The highest BCUT2D eigenvalue weighted by atomic mass is 35.5. The van der Waals surface area contributed by atoms with Crippen LogP contribution in [-0.2, 0) is 0 Å². The van der Waals surface area contributed by atoms with E-state index in [4.69, 9.17) is 31.0 Å². The van der Waals surface area contributed by atoms with Crippen LogP contribution in [0.4, 0.5) is 0 Å². The quantitative estimate of drug-likeness (QED) is 0.215. The van der Waals surface area contributed by atoms with Crippen molar-refractivity contribution in [2.24, 2.45) is 0 Å². The average Bonchev–Trinajstić information content (AvgIpc) is 3.44. The highest BCUT2D eigenvalue weighted by molar-refractivity contribution is 6.30. The van der Waals surface area contributed by atoms with Crippen LogP contribution in [0.15, 0.2) is 79.1 Å². The number of nitrogens with zero attached hydrogens (tertiary/aromatic N) is 6. The predicted octanol–water partition coefficient (Wildman–Crippen LogP) is 6.99. The summed E-state index contributed by atoms with van der Waals surface area (Å²) >= 11 is 6.26. The Balaban J connectivity index is 1.43. The molecular weight excluding hydrogens is 536 g/mol. The van der Waals surface area contributed by atoms with Crippen LogP contribution in [0.25, 0.3) is 28.2 Å². The lowest BCUT2D eigenvalue weighted by Crippen LogP contribution is -2.15. The molecule has 0 N–H and O–H groups in total. The number of hydrogen-bond donors (Lipinski definition) is 0. The molecule has 0 saturated heterocycles. The molecule has 1 atom stereocenters. The molecule has 0 aliphatic carbocycles. The minimum absolute atomic E-state index is 0.287. The molecule has 0 radical (unpaired) electrons. The maximum absolute atomic E-state index is 10.0. The molecule has 0 saturated carbocycles. The van der Waals surface area contributed by atoms with Crippen LogP contribution in [0, 0.1) is 18.3 Å². The highest BCUT2D eigenvalue weighted by Crippen LogP contribution is 2.50. The Bertz CT molecular complexity index is 2040. The van der Waals surface area contributed by atoms with E-state index in [0.29, 0.717) is 27.9 Å². The van der Waals surface area contributed by atoms with Crippen molar-refractivity contribution in [2.75, 3.05) is 7.11 Å². The maximum Gasteiger partial charge on any atom is 0.228 e. The fourth-order valence-electron chi connectivity index (χ4n) is 5.19. The topological polar surface area (TPSA) is 98.2 Å². The number of methoxy groups -OCH3 is 1. The van der Waals surface area contributed by atoms with Crippen LogP contribution in [0.2, 0.25) is 5.02 Å². The summed E-state index contributed by atoms with van der Waals surface area (Å²) in [5, 5.41) is 16.3. The third kappa shape index (κ3) is 4.24. The molecule has 1 aliphatic rings. The number of pyridine rings is 1. The van der Waals surface area contributed by atoms with Crippen molar-refractivity contribution >= 4 is 39.8 Å². The molecule has 198 valence electrons. The van der Waals surface area contributed by atoms with Gasteiger partial charge in [-0.3, -0.25) is 0 Å². The van der Waals surface area contributed by atoms with Gasteiger partial charge < -0.3 is 9.47 Å². The molecule has 3 aromatic carbocycles. The molecule has 3 aromatic heterocycles. The SMILES string of the molecule is COc1ccc(/C=C(\C#N)c2nc3c4c(ncn3n2)Oc2c(ccc3ccc(C)nc23)C4c2ccc(Cl)cc2)cc1. The summed E-state index contributed by atoms with van der Waals surface area (Å²) < 4.78 is 13.3. The summed E-state index contributed by atoms with van der Waals surface area (Å²) in [6.07, 6.45) is 3.30. The zero-order valence-corrected chi connectivity index (χ0v) is 22.8. The first-order valence-electron chi connectivity index (χ1n) is 12.9. The first kappa shape index (κ1) is 24.8. The van der Waals surface area contributed by atoms with E-state index in [-0.39, 0.29) is 11.7 Å². The van der Waals surface area contributed by atoms with Crippen LogP contribution >= 0.6 is 11.6 Å². The van der Waals surface area contributed by atoms with Crippen LogP contribution in [-0.4, -0.2) is 31.7 Å². The van der Waals surface area contributed by atoms with E-state index in [9.17, 15) is 5.26 Å². The van der Waals surface area contributed by atoms with Gasteiger partial charge >= 0.3 is 0 Å². The fourth-order valence-corrected chi connectivity index (χ4v) is 5.31. The number of halogens is 1. The van der Waals surface area contributed by atoms with Gasteiger partial charge in [-0.05, 0) is 54.5 Å². The number of aryl methyl sites for hydroxylation is 1. The highest BCUT2D eigenvalue weighted by Gasteiger charge is 2.35. The molecule has 0 spiro atoms. The number of nitriles is 1. The summed E-state index contributed by atoms with van der Waals surface area (Å²) in [6, 6.07) is 25.5. The van der Waals surface area contributed by atoms with Crippen molar-refractivity contribution in [1.29, 1.82) is 5.26 Å². The standard InChI is InChI=1S/C32H21ClN6O2/c1-18-3-6-21-9-14-25-26(20-7-10-23(33)11-8-20)27-31-37-30(22(16-34)15-19-4-12-24(40-2)13-5-19)38-39(31)17-35-32(27)41-29(25)28(21)36-18/h3-15,17,26H,1-2H3/b22-15+. The minimum Gasteiger partial charge on any atom is -0.497 e. The number of rotatable bonds is 4. The van der Waals surface area contributed by atoms with Gasteiger partial charge in [0.2, 0.25) is 5.88 Å². The maximum atomic E-state index is 10.0. The van der Waals surface area contributed by atoms with Gasteiger partial charge in [-0.15, -0.1) is 5.10 Å². The second kappa shape index (κ2) is 9.73. The predicted molar refractivity (Wildman–Crippen MR) is 156 cm³/mol. The molecule has 1 unspecified atom stereocenters. The molecule has 0 fully saturated rings. The summed E-state index contributed by atoms with van der Waals surface area (Å²) in [5.41, 5.74) is 6.01. The van der Waals surface area contributed by atoms with Crippen LogP contribution < -0.4 is 9.47 Å². The van der Waals surface area contributed by atoms with E-state index in [1.165, 1.54) is 0 Å². The Labute approximate surface area is 240 Å². The first-order valence-corrected chi connectivity index (χ1v) is 13.3. The van der Waals surface area contributed by atoms with Crippen molar-refractivity contribution in [3.05, 3.63) is 118 Å². The third-order valence-electron chi connectivity index (χ3n) is 7.16. The van der Waals surface area contributed by atoms with Crippen LogP contribution in [0.5, 0.6) is 17.4 Å². The third-order valence-corrected chi connectivity index (χ3v) is 7.41. The fraction of sp³-hybridized carbons (Fsp3) is 0.0938. The van der Waals surface area contributed by atoms with Gasteiger partial charge in [0.1, 0.15) is 23.7 Å². The number of allylic oxidation sites excluding steroid dienone is 1. The largest absolute Gasteiger partial charge is 0.497 e. The van der Waals surface area contributed by atoms with E-state index in [1.807, 2.05) is 73.7 Å². The van der Waals surface area contributed by atoms with Gasteiger partial charge in [0.05, 0.1) is 18.2 Å². The van der Waals surface area contributed by atoms with Crippen LogP contribution in [0.1, 0.15) is 39.7 Å². The van der Waals surface area contributed by atoms with Gasteiger partial charge in [0.15, 0.2) is 17.2 Å². The zero-order chi connectivity index (χ0) is 28.1. The smallest absolute Gasteiger partial charge is 0.228 e. The summed E-state index contributed by atoms with van der Waals surface area (Å²) in [5.74, 6) is 1.80. The van der Waals surface area contributed by atoms with Crippen molar-refractivity contribution in [2.45, 2.75) is 12.8 Å². The first-order chi connectivity index (χ1) is 20.0. The lowest BCUT2D eigenvalue weighted by molar-refractivity contribution is 0.415. The molecule has 8 nitrogen and oxygen atoms in total. The van der Waals surface area contributed by atoms with Gasteiger partial charge in [0.25, 0.3) is 0 Å². The molecule has 4 heterocycles. The van der Waals surface area contributed by atoms with Crippen molar-refractivity contribution in [3.63, 3.8) is 0 Å². The molecule has 0 bridgehead atoms. The second-order valence-electron chi connectivity index (χ2n) is 9.70. The van der Waals surface area contributed by atoms with E-state index < -0.39 is 0 Å². The Morgan fingerprint density at radius 1 is 1.02 bits per heavy atom. The molecule has 0 amide bonds. The number of benzene rings is 3. The summed E-state index contributed by atoms with van der Waals surface area (Å²) in [4.78, 5) is 14.3. The minimum atomic E-state index is -0.290. The lowest BCUT2D eigenvalue weighted by Gasteiger charge is -2.28. The molecule has 7 rings (SSSR count). The molecule has 1 aliphatic heterocycles. The average molecular weight is 557 g/mol. The Hall–Kier alpha value is -5.26. The number of fused-ring (bicyclic) bond motifs is 6. The Morgan fingerprint density at radius 3 is 2.56 bits per heavy atom. The normalized spacial score (nSPS) is 14.3. The summed E-state index contributed by atoms with van der Waals surface area (Å²) in [6.45, 7) is 1.96. The van der Waals surface area contributed by atoms with Crippen molar-refractivity contribution in [1.82, 2.24) is 24.6 Å². The lowest BCUT2D eigenvalue weighted by atomic mass is 9.83.